The standard InChI is InChI=1S/C14H14BrNO2S2/c1-19-13-6-2-11(3-7-13)10-16-20(17,18)14-8-4-12(15)5-9-14/h2-9,16H,10H2,1H3. The second-order valence-electron chi connectivity index (χ2n) is 4.13. The first-order valence-electron chi connectivity index (χ1n) is 5.89. The summed E-state index contributed by atoms with van der Waals surface area (Å²) in [7, 11) is -3.47. The molecule has 0 radical (unpaired) electrons. The van der Waals surface area contributed by atoms with E-state index in [4.69, 9.17) is 0 Å². The maximum atomic E-state index is 12.1. The number of hydrogen-bond acceptors (Lipinski definition) is 3. The fourth-order valence-electron chi connectivity index (χ4n) is 1.62. The minimum Gasteiger partial charge on any atom is -0.207 e. The number of rotatable bonds is 5. The van der Waals surface area contributed by atoms with Crippen LogP contribution in [0.2, 0.25) is 0 Å². The lowest BCUT2D eigenvalue weighted by molar-refractivity contribution is 0.581. The van der Waals surface area contributed by atoms with Gasteiger partial charge in [-0.25, -0.2) is 13.1 Å². The molecule has 2 aromatic carbocycles. The van der Waals surface area contributed by atoms with Gasteiger partial charge in [-0.2, -0.15) is 0 Å². The summed E-state index contributed by atoms with van der Waals surface area (Å²) in [5.74, 6) is 0. The topological polar surface area (TPSA) is 46.2 Å². The average Bonchev–Trinajstić information content (AvgIpc) is 2.46. The van der Waals surface area contributed by atoms with Crippen molar-refractivity contribution in [3.63, 3.8) is 0 Å². The van der Waals surface area contributed by atoms with E-state index in [0.29, 0.717) is 0 Å². The zero-order valence-corrected chi connectivity index (χ0v) is 14.1. The van der Waals surface area contributed by atoms with Crippen molar-refractivity contribution in [3.8, 4) is 0 Å². The van der Waals surface area contributed by atoms with Gasteiger partial charge >= 0.3 is 0 Å². The van der Waals surface area contributed by atoms with Crippen molar-refractivity contribution in [2.45, 2.75) is 16.3 Å². The SMILES string of the molecule is CSc1ccc(CNS(=O)(=O)c2ccc(Br)cc2)cc1. The monoisotopic (exact) mass is 371 g/mol. The molecule has 0 aromatic heterocycles. The van der Waals surface area contributed by atoms with Gasteiger partial charge in [0.2, 0.25) is 10.0 Å². The molecule has 0 amide bonds. The van der Waals surface area contributed by atoms with E-state index in [1.807, 2.05) is 30.5 Å². The van der Waals surface area contributed by atoms with Crippen LogP contribution in [0.15, 0.2) is 62.8 Å². The molecular weight excluding hydrogens is 358 g/mol. The van der Waals surface area contributed by atoms with Crippen molar-refractivity contribution in [3.05, 3.63) is 58.6 Å². The molecular formula is C14H14BrNO2S2. The Hall–Kier alpha value is -0.820. The van der Waals surface area contributed by atoms with Gasteiger partial charge in [-0.05, 0) is 48.2 Å². The summed E-state index contributed by atoms with van der Waals surface area (Å²) in [6, 6.07) is 14.4. The van der Waals surface area contributed by atoms with E-state index in [1.54, 1.807) is 36.0 Å². The molecule has 1 N–H and O–H groups in total. The van der Waals surface area contributed by atoms with E-state index >= 15 is 0 Å². The van der Waals surface area contributed by atoms with E-state index in [0.717, 1.165) is 14.9 Å². The number of sulfonamides is 1. The van der Waals surface area contributed by atoms with E-state index < -0.39 is 10.0 Å². The van der Waals surface area contributed by atoms with Gasteiger partial charge in [-0.1, -0.05) is 28.1 Å². The van der Waals surface area contributed by atoms with Crippen molar-refractivity contribution >= 4 is 37.7 Å². The summed E-state index contributed by atoms with van der Waals surface area (Å²) in [5.41, 5.74) is 0.934. The van der Waals surface area contributed by atoms with Crippen molar-refractivity contribution in [1.82, 2.24) is 4.72 Å². The predicted molar refractivity (Wildman–Crippen MR) is 86.4 cm³/mol. The molecule has 106 valence electrons. The van der Waals surface area contributed by atoms with Gasteiger partial charge in [0, 0.05) is 15.9 Å². The third kappa shape index (κ3) is 4.09. The Kier molecular flexibility index (Phi) is 5.26. The van der Waals surface area contributed by atoms with Crippen LogP contribution in [-0.2, 0) is 16.6 Å². The van der Waals surface area contributed by atoms with Gasteiger partial charge in [-0.15, -0.1) is 11.8 Å². The van der Waals surface area contributed by atoms with Crippen LogP contribution in [0.4, 0.5) is 0 Å². The summed E-state index contributed by atoms with van der Waals surface area (Å²) < 4.78 is 27.7. The van der Waals surface area contributed by atoms with Crippen molar-refractivity contribution in [1.29, 1.82) is 0 Å². The quantitative estimate of drug-likeness (QED) is 0.815. The van der Waals surface area contributed by atoms with Crippen LogP contribution in [-0.4, -0.2) is 14.7 Å². The number of thioether (sulfide) groups is 1. The first kappa shape index (κ1) is 15.6. The first-order valence-corrected chi connectivity index (χ1v) is 9.39. The molecule has 3 nitrogen and oxygen atoms in total. The molecule has 6 heteroatoms. The molecule has 0 saturated carbocycles. The summed E-state index contributed by atoms with van der Waals surface area (Å²) in [6.07, 6.45) is 2.01. The highest BCUT2D eigenvalue weighted by atomic mass is 79.9. The molecule has 0 spiro atoms. The molecule has 0 aliphatic rings. The largest absolute Gasteiger partial charge is 0.240 e. The average molecular weight is 372 g/mol. The normalized spacial score (nSPS) is 11.5. The number of halogens is 1. The third-order valence-electron chi connectivity index (χ3n) is 2.75. The lowest BCUT2D eigenvalue weighted by Crippen LogP contribution is -2.23. The van der Waals surface area contributed by atoms with Crippen LogP contribution in [0.25, 0.3) is 0 Å². The summed E-state index contributed by atoms with van der Waals surface area (Å²) >= 11 is 4.94. The first-order chi connectivity index (χ1) is 9.51. The molecule has 2 rings (SSSR count). The Morgan fingerprint density at radius 1 is 1.05 bits per heavy atom. The molecule has 2 aromatic rings. The van der Waals surface area contributed by atoms with E-state index in [9.17, 15) is 8.42 Å². The van der Waals surface area contributed by atoms with Gasteiger partial charge in [0.05, 0.1) is 4.90 Å². The van der Waals surface area contributed by atoms with E-state index in [-0.39, 0.29) is 11.4 Å². The predicted octanol–water partition coefficient (Wildman–Crippen LogP) is 3.65. The van der Waals surface area contributed by atoms with Crippen LogP contribution in [0.3, 0.4) is 0 Å². The Balaban J connectivity index is 2.06. The van der Waals surface area contributed by atoms with E-state index in [2.05, 4.69) is 20.7 Å². The fraction of sp³-hybridized carbons (Fsp3) is 0.143. The number of benzene rings is 2. The van der Waals surface area contributed by atoms with Crippen LogP contribution in [0.5, 0.6) is 0 Å². The smallest absolute Gasteiger partial charge is 0.207 e. The second kappa shape index (κ2) is 6.76. The van der Waals surface area contributed by atoms with Crippen LogP contribution in [0, 0.1) is 0 Å². The maximum absolute atomic E-state index is 12.1. The number of nitrogens with one attached hydrogen (secondary N) is 1. The molecule has 0 saturated heterocycles. The Morgan fingerprint density at radius 2 is 1.65 bits per heavy atom. The minimum atomic E-state index is -3.47. The molecule has 0 fully saturated rings. The van der Waals surface area contributed by atoms with Gasteiger partial charge in [0.25, 0.3) is 0 Å². The number of hydrogen-bond donors (Lipinski definition) is 1. The van der Waals surface area contributed by atoms with Crippen molar-refractivity contribution in [2.75, 3.05) is 6.26 Å². The highest BCUT2D eigenvalue weighted by Crippen LogP contribution is 2.16. The summed E-state index contributed by atoms with van der Waals surface area (Å²) in [4.78, 5) is 1.42. The lowest BCUT2D eigenvalue weighted by Gasteiger charge is -2.07. The lowest BCUT2D eigenvalue weighted by atomic mass is 10.2. The Bertz CT molecular complexity index is 667. The zero-order valence-electron chi connectivity index (χ0n) is 10.8. The van der Waals surface area contributed by atoms with Crippen LogP contribution >= 0.6 is 27.7 Å². The summed E-state index contributed by atoms with van der Waals surface area (Å²) in [5, 5.41) is 0. The maximum Gasteiger partial charge on any atom is 0.240 e. The van der Waals surface area contributed by atoms with E-state index in [1.165, 1.54) is 0 Å². The third-order valence-corrected chi connectivity index (χ3v) is 5.44. The molecule has 0 bridgehead atoms. The molecule has 20 heavy (non-hydrogen) atoms. The molecule has 0 aliphatic heterocycles. The molecule has 0 heterocycles. The highest BCUT2D eigenvalue weighted by Gasteiger charge is 2.13. The molecule has 0 unspecified atom stereocenters. The van der Waals surface area contributed by atoms with Gasteiger partial charge in [0.1, 0.15) is 0 Å². The Morgan fingerprint density at radius 3 is 2.20 bits per heavy atom. The van der Waals surface area contributed by atoms with Crippen molar-refractivity contribution in [2.24, 2.45) is 0 Å². The van der Waals surface area contributed by atoms with Crippen LogP contribution in [0.1, 0.15) is 5.56 Å². The minimum absolute atomic E-state index is 0.265. The second-order valence-corrected chi connectivity index (χ2v) is 7.69. The highest BCUT2D eigenvalue weighted by molar-refractivity contribution is 9.10. The van der Waals surface area contributed by atoms with Crippen molar-refractivity contribution < 1.29 is 8.42 Å². The summed E-state index contributed by atoms with van der Waals surface area (Å²) in [6.45, 7) is 0.285. The zero-order chi connectivity index (χ0) is 14.6. The van der Waals surface area contributed by atoms with Gasteiger partial charge in [-0.3, -0.25) is 0 Å². The van der Waals surface area contributed by atoms with Gasteiger partial charge < -0.3 is 0 Å². The van der Waals surface area contributed by atoms with Crippen LogP contribution < -0.4 is 4.72 Å². The molecule has 0 aliphatic carbocycles. The van der Waals surface area contributed by atoms with Gasteiger partial charge in [0.15, 0.2) is 0 Å². The fourth-order valence-corrected chi connectivity index (χ4v) is 3.31. The molecule has 0 atom stereocenters. The Labute approximate surface area is 132 Å².